The molecule has 0 saturated carbocycles. The third-order valence-corrected chi connectivity index (χ3v) is 4.03. The Hall–Kier alpha value is -1.69. The number of carbonyl (C=O) groups is 1. The van der Waals surface area contributed by atoms with Gasteiger partial charge in [-0.15, -0.1) is 0 Å². The van der Waals surface area contributed by atoms with E-state index in [9.17, 15) is 13.6 Å². The van der Waals surface area contributed by atoms with Gasteiger partial charge >= 0.3 is 0 Å². The highest BCUT2D eigenvalue weighted by Crippen LogP contribution is 2.32. The summed E-state index contributed by atoms with van der Waals surface area (Å²) >= 11 is 0. The van der Waals surface area contributed by atoms with Crippen LogP contribution in [0.25, 0.3) is 0 Å². The minimum atomic E-state index is -2.48. The molecule has 21 heavy (non-hydrogen) atoms. The molecule has 6 heteroatoms. The van der Waals surface area contributed by atoms with Gasteiger partial charge in [0.25, 0.3) is 6.43 Å². The Kier molecular flexibility index (Phi) is 4.05. The first-order valence-corrected chi connectivity index (χ1v) is 7.22. The topological polar surface area (TPSA) is 41.6 Å². The first-order chi connectivity index (χ1) is 10.1. The van der Waals surface area contributed by atoms with E-state index in [-0.39, 0.29) is 18.1 Å². The van der Waals surface area contributed by atoms with E-state index < -0.39 is 13.0 Å². The van der Waals surface area contributed by atoms with Crippen LogP contribution in [-0.2, 0) is 4.79 Å². The zero-order valence-corrected chi connectivity index (χ0v) is 11.6. The molecule has 1 N–H and O–H groups in total. The van der Waals surface area contributed by atoms with E-state index in [0.717, 1.165) is 31.4 Å². The number of hydrogen-bond acceptors (Lipinski definition) is 3. The number of nitrogens with one attached hydrogen (secondary N) is 1. The van der Waals surface area contributed by atoms with Crippen molar-refractivity contribution in [1.82, 2.24) is 10.2 Å². The first kappa shape index (κ1) is 14.3. The highest BCUT2D eigenvalue weighted by Gasteiger charge is 2.41. The average molecular weight is 296 g/mol. The van der Waals surface area contributed by atoms with Crippen molar-refractivity contribution in [2.24, 2.45) is 0 Å². The summed E-state index contributed by atoms with van der Waals surface area (Å²) in [6.07, 6.45) is 0.483. The molecule has 1 aromatic carbocycles. The van der Waals surface area contributed by atoms with Crippen LogP contribution in [0.1, 0.15) is 31.0 Å². The summed E-state index contributed by atoms with van der Waals surface area (Å²) in [6.45, 7) is 0.297. The minimum absolute atomic E-state index is 0.0292. The normalized spacial score (nSPS) is 25.8. The van der Waals surface area contributed by atoms with Crippen LogP contribution in [-0.4, -0.2) is 36.4 Å². The summed E-state index contributed by atoms with van der Waals surface area (Å²) in [5.74, 6) is 0.497. The summed E-state index contributed by atoms with van der Waals surface area (Å²) in [5, 5.41) is 3.01. The van der Waals surface area contributed by atoms with Gasteiger partial charge in [-0.25, -0.2) is 8.78 Å². The number of halogens is 2. The predicted molar refractivity (Wildman–Crippen MR) is 73.2 cm³/mol. The van der Waals surface area contributed by atoms with E-state index in [4.69, 9.17) is 4.74 Å². The number of amides is 1. The second kappa shape index (κ2) is 5.97. The largest absolute Gasteiger partial charge is 0.488 e. The van der Waals surface area contributed by atoms with Crippen molar-refractivity contribution in [2.45, 2.75) is 37.9 Å². The number of hydrogen-bond donors (Lipinski definition) is 1. The molecule has 0 spiro atoms. The van der Waals surface area contributed by atoms with Gasteiger partial charge in [-0.1, -0.05) is 18.6 Å². The molecule has 0 aromatic heterocycles. The summed E-state index contributed by atoms with van der Waals surface area (Å²) < 4.78 is 29.2. The highest BCUT2D eigenvalue weighted by molar-refractivity contribution is 5.84. The van der Waals surface area contributed by atoms with E-state index >= 15 is 0 Å². The lowest BCUT2D eigenvalue weighted by Crippen LogP contribution is -2.38. The smallest absolute Gasteiger partial charge is 0.272 e. The number of nitrogens with zero attached hydrogens (tertiary/aromatic N) is 1. The molecule has 3 rings (SSSR count). The van der Waals surface area contributed by atoms with E-state index in [1.807, 2.05) is 12.1 Å². The molecule has 2 unspecified atom stereocenters. The fourth-order valence-corrected chi connectivity index (χ4v) is 3.04. The Morgan fingerprint density at radius 1 is 1.29 bits per heavy atom. The van der Waals surface area contributed by atoms with Crippen molar-refractivity contribution in [3.8, 4) is 5.75 Å². The van der Waals surface area contributed by atoms with Crippen LogP contribution in [0.5, 0.6) is 5.75 Å². The van der Waals surface area contributed by atoms with Gasteiger partial charge in [0.05, 0.1) is 6.04 Å². The molecule has 4 nitrogen and oxygen atoms in total. The van der Waals surface area contributed by atoms with E-state index in [2.05, 4.69) is 10.2 Å². The van der Waals surface area contributed by atoms with Crippen molar-refractivity contribution < 1.29 is 18.3 Å². The fourth-order valence-electron chi connectivity index (χ4n) is 3.04. The molecule has 0 radical (unpaired) electrons. The number of fused-ring (bicyclic) bond motifs is 1. The molecule has 2 atom stereocenters. The average Bonchev–Trinajstić information content (AvgIpc) is 2.83. The lowest BCUT2D eigenvalue weighted by Gasteiger charge is -2.31. The predicted octanol–water partition coefficient (Wildman–Crippen LogP) is 2.31. The van der Waals surface area contributed by atoms with Gasteiger partial charge in [-0.3, -0.25) is 9.69 Å². The quantitative estimate of drug-likeness (QED) is 0.927. The molecule has 114 valence electrons. The zero-order valence-electron chi connectivity index (χ0n) is 11.6. The molecular formula is C15H18F2N2O2. The molecule has 1 amide bonds. The van der Waals surface area contributed by atoms with Gasteiger partial charge in [0.2, 0.25) is 5.91 Å². The number of carbonyl (C=O) groups excluding carboxylic acids is 1. The van der Waals surface area contributed by atoms with Crippen molar-refractivity contribution in [1.29, 1.82) is 0 Å². The fraction of sp³-hybridized carbons (Fsp3) is 0.533. The van der Waals surface area contributed by atoms with Gasteiger partial charge in [0.15, 0.2) is 0 Å². The number of ether oxygens (including phenoxy) is 1. The SMILES string of the molecule is O=C1NC(c2ccc(OCC(F)F)cc2)N2CCCCC12. The summed E-state index contributed by atoms with van der Waals surface area (Å²) in [5.41, 5.74) is 0.956. The van der Waals surface area contributed by atoms with Crippen LogP contribution in [0.4, 0.5) is 8.78 Å². The molecule has 0 aliphatic carbocycles. The molecule has 2 fully saturated rings. The first-order valence-electron chi connectivity index (χ1n) is 7.22. The monoisotopic (exact) mass is 296 g/mol. The van der Waals surface area contributed by atoms with E-state index in [1.165, 1.54) is 0 Å². The summed E-state index contributed by atoms with van der Waals surface area (Å²) in [6, 6.07) is 6.95. The van der Waals surface area contributed by atoms with Gasteiger partial charge in [-0.2, -0.15) is 0 Å². The Labute approximate surface area is 122 Å². The second-order valence-corrected chi connectivity index (χ2v) is 5.43. The maximum Gasteiger partial charge on any atom is 0.272 e. The Morgan fingerprint density at radius 3 is 2.76 bits per heavy atom. The lowest BCUT2D eigenvalue weighted by atomic mass is 10.0. The summed E-state index contributed by atoms with van der Waals surface area (Å²) in [7, 11) is 0. The minimum Gasteiger partial charge on any atom is -0.488 e. The van der Waals surface area contributed by atoms with Crippen molar-refractivity contribution in [3.05, 3.63) is 29.8 Å². The van der Waals surface area contributed by atoms with Crippen molar-refractivity contribution in [3.63, 3.8) is 0 Å². The number of rotatable bonds is 4. The van der Waals surface area contributed by atoms with Crippen LogP contribution in [0.15, 0.2) is 24.3 Å². The standard InChI is InChI=1S/C15H18F2N2O2/c16-13(17)9-21-11-6-4-10(5-7-11)14-18-15(20)12-3-1-2-8-19(12)14/h4-7,12-14H,1-3,8-9H2,(H,18,20). The third-order valence-electron chi connectivity index (χ3n) is 4.03. The molecule has 0 bridgehead atoms. The number of benzene rings is 1. The van der Waals surface area contributed by atoms with Gasteiger partial charge in [0.1, 0.15) is 18.5 Å². The Morgan fingerprint density at radius 2 is 2.05 bits per heavy atom. The van der Waals surface area contributed by atoms with Gasteiger partial charge in [0, 0.05) is 6.54 Å². The van der Waals surface area contributed by atoms with Crippen LogP contribution in [0, 0.1) is 0 Å². The maximum absolute atomic E-state index is 12.1. The van der Waals surface area contributed by atoms with Crippen LogP contribution < -0.4 is 10.1 Å². The zero-order chi connectivity index (χ0) is 14.8. The van der Waals surface area contributed by atoms with Crippen molar-refractivity contribution in [2.75, 3.05) is 13.2 Å². The maximum atomic E-state index is 12.1. The molecule has 2 saturated heterocycles. The second-order valence-electron chi connectivity index (χ2n) is 5.43. The van der Waals surface area contributed by atoms with Gasteiger partial charge < -0.3 is 10.1 Å². The van der Waals surface area contributed by atoms with Crippen LogP contribution in [0.3, 0.4) is 0 Å². The summed E-state index contributed by atoms with van der Waals surface area (Å²) in [4.78, 5) is 14.2. The lowest BCUT2D eigenvalue weighted by molar-refractivity contribution is -0.122. The molecule has 2 aliphatic rings. The number of piperidine rings is 1. The van der Waals surface area contributed by atoms with E-state index in [1.54, 1.807) is 12.1 Å². The molecule has 2 heterocycles. The van der Waals surface area contributed by atoms with Crippen LogP contribution >= 0.6 is 0 Å². The van der Waals surface area contributed by atoms with E-state index in [0.29, 0.717) is 5.75 Å². The van der Waals surface area contributed by atoms with Crippen molar-refractivity contribution >= 4 is 5.91 Å². The number of alkyl halides is 2. The molecule has 1 aromatic rings. The molecule has 2 aliphatic heterocycles. The highest BCUT2D eigenvalue weighted by atomic mass is 19.3. The van der Waals surface area contributed by atoms with Crippen LogP contribution in [0.2, 0.25) is 0 Å². The third kappa shape index (κ3) is 3.00. The Balaban J connectivity index is 1.70. The Bertz CT molecular complexity index is 507. The molecular weight excluding hydrogens is 278 g/mol. The van der Waals surface area contributed by atoms with Gasteiger partial charge in [-0.05, 0) is 30.5 Å².